The number of para-hydroxylation sites is 1. The second-order valence-corrected chi connectivity index (χ2v) is 12.7. The third-order valence-corrected chi connectivity index (χ3v) is 9.47. The molecule has 8 nitrogen and oxygen atoms in total. The van der Waals surface area contributed by atoms with Crippen molar-refractivity contribution in [3.8, 4) is 0 Å². The summed E-state index contributed by atoms with van der Waals surface area (Å²) in [4.78, 5) is 38.5. The van der Waals surface area contributed by atoms with Crippen LogP contribution in [0.2, 0.25) is 0 Å². The number of benzene rings is 1. The number of piperidine rings is 3. The summed E-state index contributed by atoms with van der Waals surface area (Å²) in [7, 11) is 1.78. The molecule has 4 saturated heterocycles. The first kappa shape index (κ1) is 26.5. The van der Waals surface area contributed by atoms with Crippen molar-refractivity contribution in [2.24, 2.45) is 5.41 Å². The van der Waals surface area contributed by atoms with Gasteiger partial charge in [-0.3, -0.25) is 14.5 Å². The minimum Gasteiger partial charge on any atom is -0.459 e. The van der Waals surface area contributed by atoms with Crippen molar-refractivity contribution in [1.82, 2.24) is 14.8 Å². The number of hydrogen-bond acceptors (Lipinski definition) is 7. The summed E-state index contributed by atoms with van der Waals surface area (Å²) in [6.45, 7) is 9.08. The van der Waals surface area contributed by atoms with Crippen LogP contribution in [-0.2, 0) is 14.3 Å². The van der Waals surface area contributed by atoms with Crippen molar-refractivity contribution < 1.29 is 19.1 Å². The predicted octanol–water partition coefficient (Wildman–Crippen LogP) is 4.26. The second kappa shape index (κ2) is 10.4. The lowest BCUT2D eigenvalue weighted by Gasteiger charge is -2.45. The van der Waals surface area contributed by atoms with Gasteiger partial charge in [-0.1, -0.05) is 18.2 Å². The molecule has 0 saturated carbocycles. The van der Waals surface area contributed by atoms with Gasteiger partial charge >= 0.3 is 5.97 Å². The zero-order valence-corrected chi connectivity index (χ0v) is 23.7. The molecule has 1 unspecified atom stereocenters. The van der Waals surface area contributed by atoms with Crippen molar-refractivity contribution >= 4 is 28.6 Å². The monoisotopic (exact) mass is 534 g/mol. The summed E-state index contributed by atoms with van der Waals surface area (Å²) in [5.74, 6) is 0.958. The van der Waals surface area contributed by atoms with Gasteiger partial charge < -0.3 is 19.3 Å². The van der Waals surface area contributed by atoms with E-state index < -0.39 is 0 Å². The summed E-state index contributed by atoms with van der Waals surface area (Å²) in [5, 5.41) is 0.917. The van der Waals surface area contributed by atoms with Crippen molar-refractivity contribution in [3.05, 3.63) is 35.9 Å². The summed E-state index contributed by atoms with van der Waals surface area (Å²) >= 11 is 0. The Morgan fingerprint density at radius 1 is 1.05 bits per heavy atom. The van der Waals surface area contributed by atoms with Crippen LogP contribution in [0, 0.1) is 5.41 Å². The van der Waals surface area contributed by atoms with E-state index in [-0.39, 0.29) is 22.9 Å². The van der Waals surface area contributed by atoms with Crippen molar-refractivity contribution in [1.29, 1.82) is 0 Å². The molecule has 4 aliphatic heterocycles. The Morgan fingerprint density at radius 2 is 1.79 bits per heavy atom. The van der Waals surface area contributed by atoms with Gasteiger partial charge in [-0.15, -0.1) is 0 Å². The molecule has 8 heteroatoms. The molecule has 0 N–H and O–H groups in total. The third-order valence-electron chi connectivity index (χ3n) is 9.47. The van der Waals surface area contributed by atoms with Gasteiger partial charge in [0.1, 0.15) is 11.4 Å². The highest BCUT2D eigenvalue weighted by molar-refractivity contribution is 6.07. The van der Waals surface area contributed by atoms with Crippen LogP contribution in [0.1, 0.15) is 69.2 Å². The van der Waals surface area contributed by atoms with E-state index in [2.05, 4.69) is 9.80 Å². The summed E-state index contributed by atoms with van der Waals surface area (Å²) in [6, 6.07) is 10.4. The number of likely N-dealkylation sites (tertiary alicyclic amines) is 2. The molecule has 1 atom stereocenters. The lowest BCUT2D eigenvalue weighted by Crippen LogP contribution is -2.53. The number of anilines is 1. The van der Waals surface area contributed by atoms with Crippen LogP contribution in [0.15, 0.2) is 30.3 Å². The van der Waals surface area contributed by atoms with Crippen LogP contribution in [-0.4, -0.2) is 90.8 Å². The second-order valence-electron chi connectivity index (χ2n) is 12.7. The molecule has 210 valence electrons. The van der Waals surface area contributed by atoms with Crippen LogP contribution < -0.4 is 4.90 Å². The van der Waals surface area contributed by atoms with E-state index in [4.69, 9.17) is 14.5 Å². The number of carbonyl (C=O) groups excluding carboxylic acids is 2. The number of rotatable bonds is 4. The van der Waals surface area contributed by atoms with Gasteiger partial charge in [0.05, 0.1) is 22.6 Å². The Hall–Kier alpha value is -2.71. The normalized spacial score (nSPS) is 26.9. The number of esters is 1. The summed E-state index contributed by atoms with van der Waals surface area (Å²) in [5.41, 5.74) is 0.878. The SMILES string of the molecule is COC1CCN(c2cc(C(=O)N3CCC(N4CCCC5(C4)CC(C)(C)OC5=O)CC3)c3ccccc3n2)CC1. The Balaban J connectivity index is 1.15. The number of aromatic nitrogens is 1. The van der Waals surface area contributed by atoms with Crippen LogP contribution in [0.3, 0.4) is 0 Å². The number of pyridine rings is 1. The summed E-state index contributed by atoms with van der Waals surface area (Å²) in [6.07, 6.45) is 6.84. The molecule has 1 spiro atoms. The zero-order chi connectivity index (χ0) is 27.2. The minimum atomic E-state index is -0.373. The lowest BCUT2D eigenvalue weighted by atomic mass is 9.74. The molecule has 0 radical (unpaired) electrons. The van der Waals surface area contributed by atoms with Gasteiger partial charge in [0.2, 0.25) is 0 Å². The molecule has 2 aromatic rings. The molecule has 0 bridgehead atoms. The van der Waals surface area contributed by atoms with Crippen LogP contribution >= 0.6 is 0 Å². The first-order valence-electron chi connectivity index (χ1n) is 14.7. The molecule has 39 heavy (non-hydrogen) atoms. The van der Waals surface area contributed by atoms with Crippen molar-refractivity contribution in [3.63, 3.8) is 0 Å². The minimum absolute atomic E-state index is 0.0170. The Labute approximate surface area is 231 Å². The van der Waals surface area contributed by atoms with Gasteiger partial charge in [0, 0.05) is 57.7 Å². The standard InChI is InChI=1S/C31H42N4O4/c1-30(2)20-31(29(37)39-30)13-6-14-35(21-31)22-9-15-34(16-10-22)28(36)25-19-27(32-26-8-5-4-7-24(25)26)33-17-11-23(38-3)12-18-33/h4-5,7-8,19,22-23H,6,9-18,20-21H2,1-3H3. The average Bonchev–Trinajstić information content (AvgIpc) is 3.18. The van der Waals surface area contributed by atoms with Crippen LogP contribution in [0.25, 0.3) is 10.9 Å². The number of amides is 1. The number of methoxy groups -OCH3 is 1. The van der Waals surface area contributed by atoms with E-state index in [1.54, 1.807) is 7.11 Å². The van der Waals surface area contributed by atoms with E-state index in [1.807, 2.05) is 49.1 Å². The van der Waals surface area contributed by atoms with Gasteiger partial charge in [0.15, 0.2) is 0 Å². The van der Waals surface area contributed by atoms with E-state index in [0.717, 1.165) is 106 Å². The molecule has 1 aromatic heterocycles. The number of cyclic esters (lactones) is 1. The molecule has 4 aliphatic rings. The first-order chi connectivity index (χ1) is 18.8. The van der Waals surface area contributed by atoms with E-state index >= 15 is 0 Å². The fourth-order valence-corrected chi connectivity index (χ4v) is 7.50. The average molecular weight is 535 g/mol. The highest BCUT2D eigenvalue weighted by Crippen LogP contribution is 2.46. The fourth-order valence-electron chi connectivity index (χ4n) is 7.50. The molecular weight excluding hydrogens is 492 g/mol. The third kappa shape index (κ3) is 5.13. The maximum Gasteiger partial charge on any atom is 0.314 e. The smallest absolute Gasteiger partial charge is 0.314 e. The largest absolute Gasteiger partial charge is 0.459 e. The maximum absolute atomic E-state index is 13.9. The van der Waals surface area contributed by atoms with E-state index in [1.165, 1.54) is 0 Å². The lowest BCUT2D eigenvalue weighted by molar-refractivity contribution is -0.154. The zero-order valence-electron chi connectivity index (χ0n) is 23.7. The number of fused-ring (bicyclic) bond motifs is 1. The molecule has 5 heterocycles. The maximum atomic E-state index is 13.9. The molecular formula is C31H42N4O4. The Kier molecular flexibility index (Phi) is 7.04. The number of nitrogens with zero attached hydrogens (tertiary/aromatic N) is 4. The van der Waals surface area contributed by atoms with Crippen LogP contribution in [0.4, 0.5) is 5.82 Å². The van der Waals surface area contributed by atoms with E-state index in [9.17, 15) is 9.59 Å². The fraction of sp³-hybridized carbons (Fsp3) is 0.645. The molecule has 1 amide bonds. The predicted molar refractivity (Wildman–Crippen MR) is 151 cm³/mol. The molecule has 4 fully saturated rings. The summed E-state index contributed by atoms with van der Waals surface area (Å²) < 4.78 is 11.3. The van der Waals surface area contributed by atoms with Gasteiger partial charge in [-0.2, -0.15) is 0 Å². The van der Waals surface area contributed by atoms with Crippen molar-refractivity contribution in [2.75, 3.05) is 51.3 Å². The molecule has 6 rings (SSSR count). The first-order valence-corrected chi connectivity index (χ1v) is 14.7. The van der Waals surface area contributed by atoms with Crippen LogP contribution in [0.5, 0.6) is 0 Å². The highest BCUT2D eigenvalue weighted by Gasteiger charge is 2.54. The van der Waals surface area contributed by atoms with Gasteiger partial charge in [0.25, 0.3) is 5.91 Å². The van der Waals surface area contributed by atoms with E-state index in [0.29, 0.717) is 12.1 Å². The topological polar surface area (TPSA) is 75.2 Å². The molecule has 0 aliphatic carbocycles. The Bertz CT molecular complexity index is 1230. The Morgan fingerprint density at radius 3 is 2.49 bits per heavy atom. The number of ether oxygens (including phenoxy) is 2. The highest BCUT2D eigenvalue weighted by atomic mass is 16.6. The number of carbonyl (C=O) groups is 2. The van der Waals surface area contributed by atoms with Gasteiger partial charge in [-0.25, -0.2) is 4.98 Å². The van der Waals surface area contributed by atoms with Gasteiger partial charge in [-0.05, 0) is 71.0 Å². The van der Waals surface area contributed by atoms with Crippen molar-refractivity contribution in [2.45, 2.75) is 76.5 Å². The number of hydrogen-bond donors (Lipinski definition) is 0. The molecule has 1 aromatic carbocycles. The quantitative estimate of drug-likeness (QED) is 0.543.